The van der Waals surface area contributed by atoms with Crippen molar-refractivity contribution in [3.63, 3.8) is 0 Å². The molecule has 3 rings (SSSR count). The van der Waals surface area contributed by atoms with Crippen molar-refractivity contribution in [2.75, 3.05) is 6.61 Å². The van der Waals surface area contributed by atoms with E-state index in [0.717, 1.165) is 12.3 Å². The van der Waals surface area contributed by atoms with Crippen LogP contribution in [0.1, 0.15) is 13.8 Å². The van der Waals surface area contributed by atoms with Crippen molar-refractivity contribution in [1.82, 2.24) is 0 Å². The molecular formula is C20H29N3O14. The smallest absolute Gasteiger partial charge is 0.257 e. The Kier molecular flexibility index (Phi) is 9.59. The number of aliphatic hydroxyl groups excluding tert-OH is 6. The summed E-state index contributed by atoms with van der Waals surface area (Å²) < 4.78 is 26.7. The van der Waals surface area contributed by atoms with Gasteiger partial charge in [0, 0.05) is 5.92 Å². The fourth-order valence-electron chi connectivity index (χ4n) is 4.15. The molecule has 6 N–H and O–H groups in total. The summed E-state index contributed by atoms with van der Waals surface area (Å²) in [6, 6.07) is -3.24. The van der Waals surface area contributed by atoms with Gasteiger partial charge in [-0.2, -0.15) is 9.81 Å². The van der Waals surface area contributed by atoms with E-state index >= 15 is 0 Å². The van der Waals surface area contributed by atoms with Gasteiger partial charge in [0.1, 0.15) is 37.1 Å². The number of aliphatic hydroxyl groups is 6. The molecule has 13 atom stereocenters. The van der Waals surface area contributed by atoms with E-state index in [2.05, 4.69) is 15.5 Å². The summed E-state index contributed by atoms with van der Waals surface area (Å²) in [5, 5.41) is 68.3. The summed E-state index contributed by atoms with van der Waals surface area (Å²) >= 11 is 0. The normalized spacial score (nSPS) is 45.7. The average molecular weight is 535 g/mol. The lowest BCUT2D eigenvalue weighted by molar-refractivity contribution is -0.263. The van der Waals surface area contributed by atoms with E-state index in [4.69, 9.17) is 23.7 Å². The maximum Gasteiger partial charge on any atom is 0.257 e. The second-order valence-corrected chi connectivity index (χ2v) is 8.78. The highest BCUT2D eigenvalue weighted by Gasteiger charge is 2.50. The maximum absolute atomic E-state index is 11.4. The van der Waals surface area contributed by atoms with Crippen molar-refractivity contribution in [3.05, 3.63) is 38.6 Å². The van der Waals surface area contributed by atoms with E-state index in [0.29, 0.717) is 0 Å². The van der Waals surface area contributed by atoms with Crippen LogP contribution in [-0.2, 0) is 23.7 Å². The van der Waals surface area contributed by atoms with E-state index in [1.807, 2.05) is 0 Å². The highest BCUT2D eigenvalue weighted by molar-refractivity contribution is 5.16. The van der Waals surface area contributed by atoms with Gasteiger partial charge in [0.25, 0.3) is 6.23 Å². The SMILES string of the molecule is CC1OC(OC=CC2OC(O/C(CO)=C3/OC(N=O)C(O)C3O)C(O)C(N=O)C2N=O)C(O)C(C)C1O. The van der Waals surface area contributed by atoms with Crippen LogP contribution in [0.25, 0.3) is 0 Å². The van der Waals surface area contributed by atoms with Gasteiger partial charge in [0.05, 0.1) is 18.5 Å². The first-order valence-corrected chi connectivity index (χ1v) is 11.3. The standard InChI is InChI=1S/C20H29N3O14/c1-6-12(25)7(2)34-19(13(6)26)33-4-3-8-10(21-30)11(22-31)14(27)20(35-8)36-9(5-24)17-15(28)16(29)18(23-32)37-17/h3-4,6-8,10-16,18-20,24-29H,5H2,1-2H3/b4-3?,17-9+. The average Bonchev–Trinajstić information content (AvgIpc) is 3.18. The van der Waals surface area contributed by atoms with Gasteiger partial charge in [-0.3, -0.25) is 0 Å². The van der Waals surface area contributed by atoms with Crippen molar-refractivity contribution < 1.29 is 54.3 Å². The van der Waals surface area contributed by atoms with Crippen molar-refractivity contribution >= 4 is 0 Å². The molecule has 17 nitrogen and oxygen atoms in total. The molecule has 0 bridgehead atoms. The van der Waals surface area contributed by atoms with Crippen molar-refractivity contribution in [2.24, 2.45) is 21.4 Å². The molecule has 0 spiro atoms. The number of nitroso groups, excluding NO2 is 3. The van der Waals surface area contributed by atoms with Gasteiger partial charge in [-0.1, -0.05) is 17.3 Å². The second kappa shape index (κ2) is 12.3. The quantitative estimate of drug-likeness (QED) is 0.138. The topological polar surface area (TPSA) is 256 Å². The van der Waals surface area contributed by atoms with Crippen LogP contribution in [0, 0.1) is 20.6 Å². The number of ether oxygens (including phenoxy) is 5. The molecule has 3 heterocycles. The molecule has 0 aromatic heterocycles. The van der Waals surface area contributed by atoms with Crippen LogP contribution in [-0.4, -0.2) is 111 Å². The van der Waals surface area contributed by atoms with E-state index in [9.17, 15) is 45.4 Å². The Morgan fingerprint density at radius 2 is 1.57 bits per heavy atom. The first-order valence-electron chi connectivity index (χ1n) is 11.3. The van der Waals surface area contributed by atoms with Gasteiger partial charge in [-0.25, -0.2) is 0 Å². The number of hydrogen-bond acceptors (Lipinski definition) is 17. The Balaban J connectivity index is 1.78. The third kappa shape index (κ3) is 5.78. The van der Waals surface area contributed by atoms with Crippen LogP contribution in [0.2, 0.25) is 0 Å². The highest BCUT2D eigenvalue weighted by atomic mass is 16.7. The second-order valence-electron chi connectivity index (χ2n) is 8.78. The van der Waals surface area contributed by atoms with Gasteiger partial charge in [0.2, 0.25) is 12.6 Å². The molecule has 3 aliphatic heterocycles. The van der Waals surface area contributed by atoms with E-state index in [1.165, 1.54) is 0 Å². The fraction of sp³-hybridized carbons (Fsp3) is 0.800. The Labute approximate surface area is 209 Å². The van der Waals surface area contributed by atoms with Crippen LogP contribution in [0.15, 0.2) is 39.4 Å². The largest absolute Gasteiger partial charge is 0.470 e. The lowest BCUT2D eigenvalue weighted by Gasteiger charge is -2.40. The highest BCUT2D eigenvalue weighted by Crippen LogP contribution is 2.33. The molecule has 3 aliphatic rings. The summed E-state index contributed by atoms with van der Waals surface area (Å²) in [5.74, 6) is -1.71. The van der Waals surface area contributed by atoms with Gasteiger partial charge in [-0.05, 0) is 18.2 Å². The van der Waals surface area contributed by atoms with Gasteiger partial charge < -0.3 is 54.3 Å². The van der Waals surface area contributed by atoms with Crippen LogP contribution < -0.4 is 0 Å². The molecule has 0 amide bonds. The molecule has 37 heavy (non-hydrogen) atoms. The Hall–Kier alpha value is -2.64. The molecule has 3 fully saturated rings. The molecule has 0 aromatic rings. The lowest BCUT2D eigenvalue weighted by Crippen LogP contribution is -2.56. The zero-order valence-electron chi connectivity index (χ0n) is 19.7. The third-order valence-electron chi connectivity index (χ3n) is 6.43. The monoisotopic (exact) mass is 535 g/mol. The van der Waals surface area contributed by atoms with Crippen molar-refractivity contribution in [3.8, 4) is 0 Å². The molecule has 0 aliphatic carbocycles. The summed E-state index contributed by atoms with van der Waals surface area (Å²) in [7, 11) is 0. The molecule has 208 valence electrons. The zero-order chi connectivity index (χ0) is 27.4. The molecular weight excluding hydrogens is 506 g/mol. The zero-order valence-corrected chi connectivity index (χ0v) is 19.7. The fourth-order valence-corrected chi connectivity index (χ4v) is 4.15. The van der Waals surface area contributed by atoms with Crippen LogP contribution in [0.5, 0.6) is 0 Å². The first kappa shape index (κ1) is 28.9. The van der Waals surface area contributed by atoms with E-state index in [-0.39, 0.29) is 0 Å². The molecule has 3 saturated heterocycles. The number of rotatable bonds is 9. The predicted molar refractivity (Wildman–Crippen MR) is 117 cm³/mol. The molecule has 17 heteroatoms. The van der Waals surface area contributed by atoms with Crippen LogP contribution >= 0.6 is 0 Å². The van der Waals surface area contributed by atoms with Crippen molar-refractivity contribution in [1.29, 1.82) is 0 Å². The van der Waals surface area contributed by atoms with Gasteiger partial charge in [-0.15, -0.1) is 4.91 Å². The van der Waals surface area contributed by atoms with Gasteiger partial charge in [0.15, 0.2) is 23.6 Å². The maximum atomic E-state index is 11.4. The first-order chi connectivity index (χ1) is 17.6. The minimum absolute atomic E-state index is 0.564. The van der Waals surface area contributed by atoms with Crippen LogP contribution in [0.4, 0.5) is 0 Å². The lowest BCUT2D eigenvalue weighted by atomic mass is 9.91. The number of hydrogen-bond donors (Lipinski definition) is 6. The van der Waals surface area contributed by atoms with Crippen molar-refractivity contribution in [2.45, 2.75) is 87.5 Å². The third-order valence-corrected chi connectivity index (χ3v) is 6.43. The van der Waals surface area contributed by atoms with Gasteiger partial charge >= 0.3 is 0 Å². The summed E-state index contributed by atoms with van der Waals surface area (Å²) in [5.41, 5.74) is 0. The summed E-state index contributed by atoms with van der Waals surface area (Å²) in [6.07, 6.45) is -12.2. The summed E-state index contributed by atoms with van der Waals surface area (Å²) in [6.45, 7) is 2.21. The Morgan fingerprint density at radius 1 is 0.892 bits per heavy atom. The Morgan fingerprint density at radius 3 is 2.14 bits per heavy atom. The number of nitrogens with zero attached hydrogens (tertiary/aromatic N) is 3. The predicted octanol–water partition coefficient (Wildman–Crippen LogP) is -1.96. The van der Waals surface area contributed by atoms with E-state index in [1.54, 1.807) is 13.8 Å². The molecule has 13 unspecified atom stereocenters. The minimum Gasteiger partial charge on any atom is -0.470 e. The summed E-state index contributed by atoms with van der Waals surface area (Å²) in [4.78, 5) is 33.6. The molecule has 0 radical (unpaired) electrons. The van der Waals surface area contributed by atoms with E-state index < -0.39 is 97.7 Å². The molecule has 0 aromatic carbocycles. The molecule has 0 saturated carbocycles. The Bertz CT molecular complexity index is 888. The van der Waals surface area contributed by atoms with Crippen LogP contribution in [0.3, 0.4) is 0 Å². The minimum atomic E-state index is -1.89.